The van der Waals surface area contributed by atoms with Crippen LogP contribution in [0.2, 0.25) is 0 Å². The molecule has 12 heavy (non-hydrogen) atoms. The van der Waals surface area contributed by atoms with E-state index in [1.165, 1.54) is 0 Å². The van der Waals surface area contributed by atoms with Crippen molar-refractivity contribution in [2.75, 3.05) is 26.3 Å². The first-order valence-electron chi connectivity index (χ1n) is 4.30. The number of morpholine rings is 1. The van der Waals surface area contributed by atoms with Crippen molar-refractivity contribution in [2.45, 2.75) is 19.4 Å². The SMILES string of the molecule is CC1COCCN1CCC(N)=S. The Hall–Kier alpha value is -0.190. The molecule has 2 N–H and O–H groups in total. The monoisotopic (exact) mass is 188 g/mol. The van der Waals surface area contributed by atoms with Crippen LogP contribution in [0.25, 0.3) is 0 Å². The predicted octanol–water partition coefficient (Wildman–Crippen LogP) is 0.383. The van der Waals surface area contributed by atoms with Gasteiger partial charge in [0.15, 0.2) is 0 Å². The van der Waals surface area contributed by atoms with E-state index >= 15 is 0 Å². The molecule has 1 heterocycles. The summed E-state index contributed by atoms with van der Waals surface area (Å²) in [4.78, 5) is 2.97. The van der Waals surface area contributed by atoms with Gasteiger partial charge in [-0.1, -0.05) is 12.2 Å². The molecule has 0 bridgehead atoms. The van der Waals surface area contributed by atoms with Gasteiger partial charge in [0.2, 0.25) is 0 Å². The van der Waals surface area contributed by atoms with Gasteiger partial charge in [-0.25, -0.2) is 0 Å². The van der Waals surface area contributed by atoms with Crippen LogP contribution in [0, 0.1) is 0 Å². The minimum Gasteiger partial charge on any atom is -0.393 e. The van der Waals surface area contributed by atoms with Gasteiger partial charge in [-0.15, -0.1) is 0 Å². The van der Waals surface area contributed by atoms with E-state index in [1.54, 1.807) is 0 Å². The van der Waals surface area contributed by atoms with Crippen molar-refractivity contribution in [1.29, 1.82) is 0 Å². The van der Waals surface area contributed by atoms with Gasteiger partial charge < -0.3 is 10.5 Å². The van der Waals surface area contributed by atoms with Crippen LogP contribution in [-0.4, -0.2) is 42.2 Å². The molecule has 1 rings (SSSR count). The third-order valence-corrected chi connectivity index (χ3v) is 2.35. The minimum atomic E-state index is 0.507. The summed E-state index contributed by atoms with van der Waals surface area (Å²) in [7, 11) is 0. The third-order valence-electron chi connectivity index (χ3n) is 2.15. The summed E-state index contributed by atoms with van der Waals surface area (Å²) >= 11 is 4.82. The van der Waals surface area contributed by atoms with Gasteiger partial charge in [0.1, 0.15) is 0 Å². The molecule has 1 saturated heterocycles. The normalized spacial score (nSPS) is 25.6. The standard InChI is InChI=1S/C8H16N2OS/c1-7-6-11-5-4-10(7)3-2-8(9)12/h7H,2-6H2,1H3,(H2,9,12). The second kappa shape index (κ2) is 4.74. The molecular formula is C8H16N2OS. The van der Waals surface area contributed by atoms with E-state index in [-0.39, 0.29) is 0 Å². The molecule has 0 aliphatic carbocycles. The summed E-state index contributed by atoms with van der Waals surface area (Å²) in [5.41, 5.74) is 5.43. The fourth-order valence-corrected chi connectivity index (χ4v) is 1.44. The van der Waals surface area contributed by atoms with Crippen LogP contribution >= 0.6 is 12.2 Å². The van der Waals surface area contributed by atoms with Gasteiger partial charge in [-0.2, -0.15) is 0 Å². The Kier molecular flexibility index (Phi) is 3.91. The molecular weight excluding hydrogens is 172 g/mol. The van der Waals surface area contributed by atoms with Crippen molar-refractivity contribution >= 4 is 17.2 Å². The van der Waals surface area contributed by atoms with E-state index in [2.05, 4.69) is 11.8 Å². The maximum Gasteiger partial charge on any atom is 0.0740 e. The first-order valence-corrected chi connectivity index (χ1v) is 4.71. The van der Waals surface area contributed by atoms with E-state index in [0.29, 0.717) is 11.0 Å². The predicted molar refractivity (Wildman–Crippen MR) is 53.3 cm³/mol. The molecule has 1 unspecified atom stereocenters. The highest BCUT2D eigenvalue weighted by Gasteiger charge is 2.17. The van der Waals surface area contributed by atoms with Crippen LogP contribution in [0.15, 0.2) is 0 Å². The molecule has 0 saturated carbocycles. The number of rotatable bonds is 3. The lowest BCUT2D eigenvalue weighted by Crippen LogP contribution is -2.44. The van der Waals surface area contributed by atoms with Gasteiger partial charge >= 0.3 is 0 Å². The largest absolute Gasteiger partial charge is 0.393 e. The van der Waals surface area contributed by atoms with E-state index in [4.69, 9.17) is 22.7 Å². The zero-order chi connectivity index (χ0) is 8.97. The molecule has 0 aromatic heterocycles. The average Bonchev–Trinajstić information content (AvgIpc) is 2.03. The smallest absolute Gasteiger partial charge is 0.0740 e. The number of hydrogen-bond acceptors (Lipinski definition) is 3. The fraction of sp³-hybridized carbons (Fsp3) is 0.875. The number of ether oxygens (including phenoxy) is 1. The molecule has 1 aliphatic rings. The molecule has 4 heteroatoms. The summed E-state index contributed by atoms with van der Waals surface area (Å²) < 4.78 is 5.31. The quantitative estimate of drug-likeness (QED) is 0.650. The average molecular weight is 188 g/mol. The van der Waals surface area contributed by atoms with Crippen molar-refractivity contribution < 1.29 is 4.74 Å². The Morgan fingerprint density at radius 3 is 3.08 bits per heavy atom. The molecule has 70 valence electrons. The lowest BCUT2D eigenvalue weighted by Gasteiger charge is -2.32. The molecule has 0 spiro atoms. The summed E-state index contributed by atoms with van der Waals surface area (Å²) in [6, 6.07) is 0.507. The summed E-state index contributed by atoms with van der Waals surface area (Å²) in [5, 5.41) is 0. The topological polar surface area (TPSA) is 38.5 Å². The zero-order valence-corrected chi connectivity index (χ0v) is 8.27. The van der Waals surface area contributed by atoms with Crippen LogP contribution in [0.1, 0.15) is 13.3 Å². The highest BCUT2D eigenvalue weighted by Crippen LogP contribution is 2.06. The maximum atomic E-state index is 5.43. The van der Waals surface area contributed by atoms with Crippen LogP contribution in [0.5, 0.6) is 0 Å². The van der Waals surface area contributed by atoms with Crippen LogP contribution in [0.4, 0.5) is 0 Å². The van der Waals surface area contributed by atoms with Crippen molar-refractivity contribution in [3.63, 3.8) is 0 Å². The number of nitrogens with zero attached hydrogens (tertiary/aromatic N) is 1. The van der Waals surface area contributed by atoms with E-state index in [0.717, 1.165) is 32.7 Å². The summed E-state index contributed by atoms with van der Waals surface area (Å²) in [6.07, 6.45) is 0.819. The second-order valence-electron chi connectivity index (χ2n) is 3.18. The minimum absolute atomic E-state index is 0.507. The van der Waals surface area contributed by atoms with Crippen molar-refractivity contribution in [2.24, 2.45) is 5.73 Å². The van der Waals surface area contributed by atoms with Crippen molar-refractivity contribution in [3.05, 3.63) is 0 Å². The number of hydrogen-bond donors (Lipinski definition) is 1. The molecule has 0 aromatic rings. The third kappa shape index (κ3) is 3.05. The van der Waals surface area contributed by atoms with Crippen molar-refractivity contribution in [1.82, 2.24) is 4.90 Å². The van der Waals surface area contributed by atoms with Gasteiger partial charge in [0.05, 0.1) is 18.2 Å². The zero-order valence-electron chi connectivity index (χ0n) is 7.45. The Balaban J connectivity index is 2.24. The second-order valence-corrected chi connectivity index (χ2v) is 3.70. The highest BCUT2D eigenvalue weighted by atomic mass is 32.1. The molecule has 0 radical (unpaired) electrons. The van der Waals surface area contributed by atoms with E-state index < -0.39 is 0 Å². The van der Waals surface area contributed by atoms with Gasteiger partial charge in [-0.05, 0) is 6.92 Å². The number of nitrogens with two attached hydrogens (primary N) is 1. The first-order chi connectivity index (χ1) is 5.70. The number of thiocarbonyl (C=S) groups is 1. The Morgan fingerprint density at radius 1 is 1.75 bits per heavy atom. The fourth-order valence-electron chi connectivity index (χ4n) is 1.35. The summed E-state index contributed by atoms with van der Waals surface area (Å²) in [6.45, 7) is 5.81. The molecule has 1 aliphatic heterocycles. The molecule has 1 atom stereocenters. The van der Waals surface area contributed by atoms with Gasteiger partial charge in [-0.3, -0.25) is 4.90 Å². The highest BCUT2D eigenvalue weighted by molar-refractivity contribution is 7.80. The first kappa shape index (κ1) is 9.89. The lowest BCUT2D eigenvalue weighted by atomic mass is 10.2. The lowest BCUT2D eigenvalue weighted by molar-refractivity contribution is 0.00117. The molecule has 3 nitrogen and oxygen atoms in total. The Morgan fingerprint density at radius 2 is 2.50 bits per heavy atom. The van der Waals surface area contributed by atoms with Crippen LogP contribution < -0.4 is 5.73 Å². The maximum absolute atomic E-state index is 5.43. The van der Waals surface area contributed by atoms with Crippen LogP contribution in [0.3, 0.4) is 0 Å². The molecule has 0 aromatic carbocycles. The van der Waals surface area contributed by atoms with Crippen LogP contribution in [-0.2, 0) is 4.74 Å². The van der Waals surface area contributed by atoms with Crippen molar-refractivity contribution in [3.8, 4) is 0 Å². The molecule has 0 amide bonds. The molecule has 1 fully saturated rings. The van der Waals surface area contributed by atoms with Gasteiger partial charge in [0, 0.05) is 25.6 Å². The Labute approximate surface area is 78.9 Å². The van der Waals surface area contributed by atoms with E-state index in [9.17, 15) is 0 Å². The Bertz CT molecular complexity index is 163. The van der Waals surface area contributed by atoms with Gasteiger partial charge in [0.25, 0.3) is 0 Å². The summed E-state index contributed by atoms with van der Waals surface area (Å²) in [5.74, 6) is 0. The van der Waals surface area contributed by atoms with E-state index in [1.807, 2.05) is 0 Å².